The van der Waals surface area contributed by atoms with E-state index in [4.69, 9.17) is 0 Å². The van der Waals surface area contributed by atoms with Crippen LogP contribution in [0.15, 0.2) is 40.0 Å². The number of nitrogens with one attached hydrogen (secondary N) is 1. The Hall–Kier alpha value is -1.90. The predicted octanol–water partition coefficient (Wildman–Crippen LogP) is 5.15. The third-order valence-electron chi connectivity index (χ3n) is 2.65. The first-order valence-electron chi connectivity index (χ1n) is 7.01. The normalized spacial score (nSPS) is 10.3. The molecule has 0 heterocycles. The number of hydrogen-bond acceptors (Lipinski definition) is 3. The smallest absolute Gasteiger partial charge is 0.0853 e. The van der Waals surface area contributed by atoms with Crippen LogP contribution in [-0.4, -0.2) is 20.0 Å². The fraction of sp³-hybridized carbons (Fsp3) is 0.412. The van der Waals surface area contributed by atoms with E-state index in [1.807, 2.05) is 18.3 Å². The lowest BCUT2D eigenvalue weighted by atomic mass is 10.2. The fourth-order valence-corrected chi connectivity index (χ4v) is 1.73. The summed E-state index contributed by atoms with van der Waals surface area (Å²) in [6, 6.07) is 6.08. The highest BCUT2D eigenvalue weighted by Crippen LogP contribution is 2.24. The summed E-state index contributed by atoms with van der Waals surface area (Å²) in [5, 5.41) is 3.23. The molecule has 0 radical (unpaired) electrons. The van der Waals surface area contributed by atoms with E-state index in [1.54, 1.807) is 0 Å². The summed E-state index contributed by atoms with van der Waals surface area (Å²) in [7, 11) is 0. The predicted molar refractivity (Wildman–Crippen MR) is 92.8 cm³/mol. The van der Waals surface area contributed by atoms with Crippen molar-refractivity contribution in [1.82, 2.24) is 0 Å². The summed E-state index contributed by atoms with van der Waals surface area (Å²) >= 11 is 0. The van der Waals surface area contributed by atoms with Gasteiger partial charge < -0.3 is 5.32 Å². The van der Waals surface area contributed by atoms with E-state index in [-0.39, 0.29) is 0 Å². The maximum absolute atomic E-state index is 3.92. The molecule has 0 spiro atoms. The molecule has 0 unspecified atom stereocenters. The van der Waals surface area contributed by atoms with Gasteiger partial charge in [0.25, 0.3) is 0 Å². The second kappa shape index (κ2) is 11.0. The van der Waals surface area contributed by atoms with Gasteiger partial charge in [-0.1, -0.05) is 25.0 Å². The lowest BCUT2D eigenvalue weighted by Crippen LogP contribution is -1.96. The lowest BCUT2D eigenvalue weighted by molar-refractivity contribution is 0.902. The van der Waals surface area contributed by atoms with Crippen molar-refractivity contribution in [3.8, 4) is 0 Å². The molecule has 1 rings (SSSR count). The summed E-state index contributed by atoms with van der Waals surface area (Å²) in [6.07, 6.45) is 4.14. The number of hydrogen-bond donors (Lipinski definition) is 1. The highest BCUT2D eigenvalue weighted by Gasteiger charge is 1.97. The van der Waals surface area contributed by atoms with Crippen molar-refractivity contribution >= 4 is 24.8 Å². The molecule has 3 nitrogen and oxygen atoms in total. The third kappa shape index (κ3) is 7.52. The van der Waals surface area contributed by atoms with Gasteiger partial charge in [-0.25, -0.2) is 0 Å². The average Bonchev–Trinajstić information content (AvgIpc) is 2.41. The van der Waals surface area contributed by atoms with E-state index in [2.05, 4.69) is 62.5 Å². The second-order valence-electron chi connectivity index (χ2n) is 4.62. The van der Waals surface area contributed by atoms with E-state index in [0.717, 1.165) is 24.3 Å². The minimum Gasteiger partial charge on any atom is -0.384 e. The summed E-state index contributed by atoms with van der Waals surface area (Å²) in [6.45, 7) is 16.1. The zero-order chi connectivity index (χ0) is 15.4. The Morgan fingerprint density at radius 3 is 2.50 bits per heavy atom. The number of aliphatic imine (C=N–C) groups is 2. The molecule has 0 aliphatic carbocycles. The molecule has 0 amide bonds. The third-order valence-corrected chi connectivity index (χ3v) is 2.65. The summed E-state index contributed by atoms with van der Waals surface area (Å²) in [4.78, 5) is 7.56. The second-order valence-corrected chi connectivity index (χ2v) is 4.62. The monoisotopic (exact) mass is 273 g/mol. The molecule has 20 heavy (non-hydrogen) atoms. The maximum Gasteiger partial charge on any atom is 0.0853 e. The average molecular weight is 273 g/mol. The van der Waals surface area contributed by atoms with Crippen LogP contribution in [0.1, 0.15) is 39.2 Å². The zero-order valence-electron chi connectivity index (χ0n) is 13.2. The van der Waals surface area contributed by atoms with Crippen molar-refractivity contribution in [1.29, 1.82) is 0 Å². The van der Waals surface area contributed by atoms with Crippen molar-refractivity contribution in [3.63, 3.8) is 0 Å². The minimum absolute atomic E-state index is 0.909. The quantitative estimate of drug-likeness (QED) is 0.715. The molecular formula is C17H27N3. The summed E-state index contributed by atoms with van der Waals surface area (Å²) in [5.41, 5.74) is 4.52. The van der Waals surface area contributed by atoms with Gasteiger partial charge in [0, 0.05) is 12.7 Å². The maximum atomic E-state index is 3.92. The molecule has 1 aromatic rings. The molecule has 0 atom stereocenters. The van der Waals surface area contributed by atoms with Crippen LogP contribution in [0.25, 0.3) is 0 Å². The minimum atomic E-state index is 0.909. The van der Waals surface area contributed by atoms with E-state index >= 15 is 0 Å². The number of benzene rings is 1. The molecule has 1 aromatic carbocycles. The van der Waals surface area contributed by atoms with Gasteiger partial charge in [-0.05, 0) is 58.3 Å². The molecular weight excluding hydrogens is 246 g/mol. The molecule has 0 saturated heterocycles. The Morgan fingerprint density at radius 2 is 2.00 bits per heavy atom. The van der Waals surface area contributed by atoms with Gasteiger partial charge in [0.05, 0.1) is 11.4 Å². The molecule has 3 heteroatoms. The summed E-state index contributed by atoms with van der Waals surface area (Å²) in [5.74, 6) is 0. The lowest BCUT2D eigenvalue weighted by Gasteiger charge is -2.07. The highest BCUT2D eigenvalue weighted by molar-refractivity contribution is 5.68. The van der Waals surface area contributed by atoms with Crippen LogP contribution in [0.2, 0.25) is 0 Å². The Morgan fingerprint density at radius 1 is 1.30 bits per heavy atom. The van der Waals surface area contributed by atoms with Crippen LogP contribution in [0.5, 0.6) is 0 Å². The van der Waals surface area contributed by atoms with Crippen molar-refractivity contribution < 1.29 is 0 Å². The molecule has 1 N–H and O–H groups in total. The summed E-state index contributed by atoms with van der Waals surface area (Å²) < 4.78 is 0. The fourth-order valence-electron chi connectivity index (χ4n) is 1.73. The van der Waals surface area contributed by atoms with Crippen LogP contribution in [0, 0.1) is 6.92 Å². The van der Waals surface area contributed by atoms with E-state index in [1.165, 1.54) is 17.6 Å². The number of aryl methyl sites for hydroxylation is 1. The molecule has 110 valence electrons. The zero-order valence-corrected chi connectivity index (χ0v) is 13.2. The molecule has 0 aromatic heterocycles. The van der Waals surface area contributed by atoms with Gasteiger partial charge in [0.15, 0.2) is 0 Å². The number of nitrogens with zero attached hydrogens (tertiary/aromatic N) is 2. The molecule has 0 saturated carbocycles. The Kier molecular flexibility index (Phi) is 9.93. The molecule has 0 bridgehead atoms. The number of anilines is 1. The molecule has 0 aliphatic heterocycles. The van der Waals surface area contributed by atoms with Crippen molar-refractivity contribution in [2.75, 3.05) is 11.9 Å². The first kappa shape index (κ1) is 18.1. The van der Waals surface area contributed by atoms with Gasteiger partial charge in [-0.2, -0.15) is 0 Å². The molecule has 0 aliphatic rings. The standard InChI is InChI=1S/C10H14N2.C7H13N/c1-4-12-10-7-8(2)5-6-9(10)11-3;1-4-5-7(2)6-8-3/h5-7,12H,3-4H2,1-2H3;6H,3-5H2,1-2H3/b;7-6-. The van der Waals surface area contributed by atoms with Crippen molar-refractivity contribution in [2.45, 2.75) is 40.5 Å². The van der Waals surface area contributed by atoms with Crippen LogP contribution in [0.4, 0.5) is 11.4 Å². The van der Waals surface area contributed by atoms with Crippen LogP contribution in [-0.2, 0) is 0 Å². The highest BCUT2D eigenvalue weighted by atomic mass is 14.9. The number of allylic oxidation sites excluding steroid dienone is 1. The van der Waals surface area contributed by atoms with Gasteiger partial charge in [-0.15, -0.1) is 0 Å². The van der Waals surface area contributed by atoms with E-state index in [0.29, 0.717) is 0 Å². The van der Waals surface area contributed by atoms with Crippen molar-refractivity contribution in [2.24, 2.45) is 9.98 Å². The van der Waals surface area contributed by atoms with Crippen LogP contribution in [0.3, 0.4) is 0 Å². The first-order chi connectivity index (χ1) is 9.58. The van der Waals surface area contributed by atoms with E-state index < -0.39 is 0 Å². The van der Waals surface area contributed by atoms with Crippen LogP contribution < -0.4 is 5.32 Å². The largest absolute Gasteiger partial charge is 0.384 e. The first-order valence-corrected chi connectivity index (χ1v) is 7.01. The van der Waals surface area contributed by atoms with Crippen LogP contribution >= 0.6 is 0 Å². The Bertz CT molecular complexity index is 448. The number of rotatable bonds is 6. The van der Waals surface area contributed by atoms with Crippen molar-refractivity contribution in [3.05, 3.63) is 35.5 Å². The topological polar surface area (TPSA) is 36.8 Å². The Balaban J connectivity index is 0.000000396. The van der Waals surface area contributed by atoms with Gasteiger partial charge in [0.2, 0.25) is 0 Å². The van der Waals surface area contributed by atoms with E-state index in [9.17, 15) is 0 Å². The van der Waals surface area contributed by atoms with Gasteiger partial charge in [0.1, 0.15) is 0 Å². The molecule has 0 fully saturated rings. The van der Waals surface area contributed by atoms with Gasteiger partial charge in [-0.3, -0.25) is 9.98 Å². The van der Waals surface area contributed by atoms with Gasteiger partial charge >= 0.3 is 0 Å². The SMILES string of the molecule is C=N/C=C(/C)CCC.C=Nc1ccc(C)cc1NCC. The Labute approximate surface area is 123 Å².